The second-order valence-electron chi connectivity index (χ2n) is 9.53. The van der Waals surface area contributed by atoms with E-state index in [1.807, 2.05) is 34.7 Å². The number of carbonyl (C=O) groups excluding carboxylic acids is 1. The van der Waals surface area contributed by atoms with Crippen LogP contribution in [0.3, 0.4) is 0 Å². The number of benzene rings is 1. The molecule has 2 aliphatic heterocycles. The van der Waals surface area contributed by atoms with E-state index in [0.717, 1.165) is 69.8 Å². The van der Waals surface area contributed by atoms with Gasteiger partial charge in [-0.3, -0.25) is 19.1 Å². The molecule has 0 aliphatic carbocycles. The number of rotatable bonds is 6. The summed E-state index contributed by atoms with van der Waals surface area (Å²) in [6.45, 7) is 5.91. The van der Waals surface area contributed by atoms with Crippen molar-refractivity contribution < 1.29 is 4.79 Å². The van der Waals surface area contributed by atoms with Gasteiger partial charge in [-0.25, -0.2) is 4.98 Å². The van der Waals surface area contributed by atoms with Gasteiger partial charge in [0.1, 0.15) is 5.82 Å². The maximum absolute atomic E-state index is 12.8. The molecule has 0 spiro atoms. The topological polar surface area (TPSA) is 58.4 Å². The Morgan fingerprint density at radius 3 is 2.62 bits per heavy atom. The second kappa shape index (κ2) is 10.4. The molecule has 4 rings (SSSR count). The Hall–Kier alpha value is -2.47. The van der Waals surface area contributed by atoms with Gasteiger partial charge >= 0.3 is 0 Å². The molecule has 1 fully saturated rings. The number of piperidine rings is 1. The van der Waals surface area contributed by atoms with Crippen LogP contribution in [0.15, 0.2) is 41.2 Å². The van der Waals surface area contributed by atoms with Crippen LogP contribution < -0.4 is 5.56 Å². The molecule has 32 heavy (non-hydrogen) atoms. The highest BCUT2D eigenvalue weighted by atomic mass is 16.2. The molecule has 6 nitrogen and oxygen atoms in total. The summed E-state index contributed by atoms with van der Waals surface area (Å²) in [6, 6.07) is 12.1. The lowest BCUT2D eigenvalue weighted by Crippen LogP contribution is -2.43. The fourth-order valence-corrected chi connectivity index (χ4v) is 5.04. The van der Waals surface area contributed by atoms with E-state index >= 15 is 0 Å². The first-order valence-corrected chi connectivity index (χ1v) is 12.1. The summed E-state index contributed by atoms with van der Waals surface area (Å²) in [5.41, 5.74) is 2.33. The van der Waals surface area contributed by atoms with Crippen molar-refractivity contribution in [3.8, 4) is 0 Å². The minimum Gasteiger partial charge on any atom is -0.344 e. The van der Waals surface area contributed by atoms with Gasteiger partial charge < -0.3 is 4.90 Å². The highest BCUT2D eigenvalue weighted by Crippen LogP contribution is 2.27. The lowest BCUT2D eigenvalue weighted by Gasteiger charge is -2.33. The number of hydrogen-bond acceptors (Lipinski definition) is 4. The molecule has 1 atom stereocenters. The molecule has 1 saturated heterocycles. The van der Waals surface area contributed by atoms with Gasteiger partial charge in [0.05, 0.1) is 12.2 Å². The lowest BCUT2D eigenvalue weighted by atomic mass is 9.93. The average Bonchev–Trinajstić information content (AvgIpc) is 3.06. The zero-order chi connectivity index (χ0) is 22.5. The van der Waals surface area contributed by atoms with Crippen LogP contribution in [0.5, 0.6) is 0 Å². The number of amides is 1. The fraction of sp³-hybridized carbons (Fsp3) is 0.577. The van der Waals surface area contributed by atoms with E-state index in [1.165, 1.54) is 12.0 Å². The van der Waals surface area contributed by atoms with E-state index in [-0.39, 0.29) is 11.5 Å². The minimum absolute atomic E-state index is 0.110. The van der Waals surface area contributed by atoms with Crippen molar-refractivity contribution in [1.29, 1.82) is 0 Å². The second-order valence-corrected chi connectivity index (χ2v) is 9.53. The predicted octanol–water partition coefficient (Wildman–Crippen LogP) is 3.41. The van der Waals surface area contributed by atoms with Gasteiger partial charge in [-0.15, -0.1) is 0 Å². The van der Waals surface area contributed by atoms with Gasteiger partial charge in [0.25, 0.3) is 5.56 Å². The number of fused-ring (bicyclic) bond motifs is 1. The first-order chi connectivity index (χ1) is 15.5. The van der Waals surface area contributed by atoms with Crippen molar-refractivity contribution in [1.82, 2.24) is 19.4 Å². The van der Waals surface area contributed by atoms with Gasteiger partial charge in [0.15, 0.2) is 0 Å². The molecule has 3 heterocycles. The Bertz CT molecular complexity index is 964. The van der Waals surface area contributed by atoms with Gasteiger partial charge in [-0.1, -0.05) is 43.7 Å². The van der Waals surface area contributed by atoms with E-state index < -0.39 is 0 Å². The van der Waals surface area contributed by atoms with E-state index in [0.29, 0.717) is 18.4 Å². The Kier molecular flexibility index (Phi) is 7.40. The molecule has 0 saturated carbocycles. The number of hydrogen-bond donors (Lipinski definition) is 0. The fourth-order valence-electron chi connectivity index (χ4n) is 5.04. The Morgan fingerprint density at radius 1 is 1.12 bits per heavy atom. The first kappa shape index (κ1) is 22.7. The van der Waals surface area contributed by atoms with Gasteiger partial charge in [0.2, 0.25) is 5.91 Å². The summed E-state index contributed by atoms with van der Waals surface area (Å²) >= 11 is 0. The number of nitrogens with zero attached hydrogens (tertiary/aromatic N) is 4. The number of carbonyl (C=O) groups is 1. The summed E-state index contributed by atoms with van der Waals surface area (Å²) in [5, 5.41) is 0. The average molecular weight is 437 g/mol. The standard InChI is InChI=1S/C26H36N4O2/c1-20(21-9-5-3-6-10-21)18-28(2)26(32)19-29-15-12-22(13-16-29)23-17-25(31)30-14-8-4-7-11-24(30)27-23/h3,5-6,9-10,17,20,22H,4,7-8,11-16,18-19H2,1-2H3/t20-/m1/s1. The number of likely N-dealkylation sites (N-methyl/N-ethyl adjacent to an activating group) is 1. The summed E-state index contributed by atoms with van der Waals surface area (Å²) in [6.07, 6.45) is 6.17. The molecular formula is C26H36N4O2. The normalized spacial score (nSPS) is 18.6. The molecule has 0 bridgehead atoms. The van der Waals surface area contributed by atoms with Crippen LogP contribution in [0, 0.1) is 0 Å². The van der Waals surface area contributed by atoms with Gasteiger partial charge in [0, 0.05) is 38.5 Å². The third-order valence-corrected chi connectivity index (χ3v) is 7.10. The largest absolute Gasteiger partial charge is 0.344 e. The molecule has 0 N–H and O–H groups in total. The Morgan fingerprint density at radius 2 is 1.88 bits per heavy atom. The minimum atomic E-state index is 0.110. The quantitative estimate of drug-likeness (QED) is 0.696. The van der Waals surface area contributed by atoms with Crippen LogP contribution in [0.4, 0.5) is 0 Å². The van der Waals surface area contributed by atoms with Gasteiger partial charge in [-0.05, 0) is 50.3 Å². The third-order valence-electron chi connectivity index (χ3n) is 7.10. The molecule has 0 unspecified atom stereocenters. The molecule has 172 valence electrons. The molecular weight excluding hydrogens is 400 g/mol. The molecule has 6 heteroatoms. The van der Waals surface area contributed by atoms with Crippen LogP contribution in [0.1, 0.15) is 67.9 Å². The molecule has 0 radical (unpaired) electrons. The van der Waals surface area contributed by atoms with E-state index in [4.69, 9.17) is 4.98 Å². The Balaban J connectivity index is 1.29. The number of likely N-dealkylation sites (tertiary alicyclic amines) is 1. The van der Waals surface area contributed by atoms with Crippen molar-refractivity contribution in [2.24, 2.45) is 0 Å². The van der Waals surface area contributed by atoms with Gasteiger partial charge in [-0.2, -0.15) is 0 Å². The van der Waals surface area contributed by atoms with Crippen LogP contribution in [0.25, 0.3) is 0 Å². The predicted molar refractivity (Wildman–Crippen MR) is 127 cm³/mol. The van der Waals surface area contributed by atoms with Crippen LogP contribution >= 0.6 is 0 Å². The van der Waals surface area contributed by atoms with E-state index in [9.17, 15) is 9.59 Å². The highest BCUT2D eigenvalue weighted by Gasteiger charge is 2.25. The lowest BCUT2D eigenvalue weighted by molar-refractivity contribution is -0.131. The zero-order valence-corrected chi connectivity index (χ0v) is 19.5. The van der Waals surface area contributed by atoms with Crippen molar-refractivity contribution in [2.75, 3.05) is 33.2 Å². The van der Waals surface area contributed by atoms with Crippen molar-refractivity contribution in [3.05, 3.63) is 63.8 Å². The smallest absolute Gasteiger partial charge is 0.253 e. The highest BCUT2D eigenvalue weighted by molar-refractivity contribution is 5.78. The van der Waals surface area contributed by atoms with Crippen molar-refractivity contribution in [2.45, 2.75) is 63.8 Å². The van der Waals surface area contributed by atoms with Crippen LogP contribution in [0.2, 0.25) is 0 Å². The summed E-state index contributed by atoms with van der Waals surface area (Å²) in [4.78, 5) is 34.4. The Labute approximate surface area is 191 Å². The molecule has 2 aromatic rings. The summed E-state index contributed by atoms with van der Waals surface area (Å²) < 4.78 is 1.87. The molecule has 2 aliphatic rings. The van der Waals surface area contributed by atoms with Crippen LogP contribution in [-0.2, 0) is 17.8 Å². The van der Waals surface area contributed by atoms with E-state index in [1.54, 1.807) is 6.07 Å². The maximum atomic E-state index is 12.8. The van der Waals surface area contributed by atoms with Crippen LogP contribution in [-0.4, -0.2) is 58.5 Å². The van der Waals surface area contributed by atoms with E-state index in [2.05, 4.69) is 24.0 Å². The number of aryl methyl sites for hydroxylation is 1. The maximum Gasteiger partial charge on any atom is 0.253 e. The molecule has 1 amide bonds. The number of aromatic nitrogens is 2. The zero-order valence-electron chi connectivity index (χ0n) is 19.5. The SMILES string of the molecule is C[C@H](CN(C)C(=O)CN1CCC(c2cc(=O)n3c(n2)CCCCC3)CC1)c1ccccc1. The third kappa shape index (κ3) is 5.47. The summed E-state index contributed by atoms with van der Waals surface area (Å²) in [7, 11) is 1.90. The first-order valence-electron chi connectivity index (χ1n) is 12.1. The monoisotopic (exact) mass is 436 g/mol. The molecule has 1 aromatic carbocycles. The van der Waals surface area contributed by atoms with Crippen molar-refractivity contribution >= 4 is 5.91 Å². The molecule has 1 aromatic heterocycles. The van der Waals surface area contributed by atoms with Crippen molar-refractivity contribution in [3.63, 3.8) is 0 Å². The summed E-state index contributed by atoms with van der Waals surface area (Å²) in [5.74, 6) is 1.78.